The second-order valence-corrected chi connectivity index (χ2v) is 9.12. The summed E-state index contributed by atoms with van der Waals surface area (Å²) in [5.74, 6) is -0.370. The summed E-state index contributed by atoms with van der Waals surface area (Å²) < 4.78 is 5.77. The third-order valence-electron chi connectivity index (χ3n) is 5.52. The largest absolute Gasteiger partial charge is 0.394 e. The van der Waals surface area contributed by atoms with E-state index in [-0.39, 0.29) is 12.2 Å². The first kappa shape index (κ1) is 23.7. The number of ether oxygens (including phenoxy) is 1. The fourth-order valence-electron chi connectivity index (χ4n) is 3.87. The van der Waals surface area contributed by atoms with Gasteiger partial charge in [0, 0.05) is 16.7 Å². The van der Waals surface area contributed by atoms with Gasteiger partial charge in [-0.15, -0.1) is 11.8 Å². The molecule has 3 N–H and O–H groups in total. The Labute approximate surface area is 199 Å². The van der Waals surface area contributed by atoms with E-state index < -0.39 is 41.4 Å². The van der Waals surface area contributed by atoms with Crippen molar-refractivity contribution in [2.75, 3.05) is 11.9 Å². The maximum atomic E-state index is 13.0. The first-order valence-corrected chi connectivity index (χ1v) is 11.3. The fourth-order valence-corrected chi connectivity index (χ4v) is 5.28. The molecule has 34 heavy (non-hydrogen) atoms. The molecule has 174 valence electrons. The van der Waals surface area contributed by atoms with Crippen molar-refractivity contribution in [3.05, 3.63) is 89.0 Å². The number of rotatable bonds is 7. The van der Waals surface area contributed by atoms with Crippen LogP contribution in [0.15, 0.2) is 82.6 Å². The van der Waals surface area contributed by atoms with Crippen molar-refractivity contribution in [3.63, 3.8) is 0 Å². The van der Waals surface area contributed by atoms with E-state index >= 15 is 0 Å². The lowest BCUT2D eigenvalue weighted by molar-refractivity contribution is -0.0470. The first-order chi connectivity index (χ1) is 16.5. The van der Waals surface area contributed by atoms with Crippen LogP contribution in [0.25, 0.3) is 0 Å². The van der Waals surface area contributed by atoms with Crippen molar-refractivity contribution in [1.29, 1.82) is 5.26 Å². The van der Waals surface area contributed by atoms with Crippen LogP contribution >= 0.6 is 11.8 Å². The quantitative estimate of drug-likeness (QED) is 0.470. The van der Waals surface area contributed by atoms with Crippen molar-refractivity contribution in [3.8, 4) is 6.07 Å². The van der Waals surface area contributed by atoms with Crippen molar-refractivity contribution >= 4 is 23.5 Å². The number of amides is 1. The minimum atomic E-state index is -1.29. The minimum absolute atomic E-state index is 0.0500. The van der Waals surface area contributed by atoms with Crippen LogP contribution in [0.4, 0.5) is 5.82 Å². The van der Waals surface area contributed by atoms with E-state index in [2.05, 4.69) is 16.4 Å². The zero-order chi connectivity index (χ0) is 24.1. The van der Waals surface area contributed by atoms with E-state index in [9.17, 15) is 25.1 Å². The van der Waals surface area contributed by atoms with Crippen LogP contribution in [-0.2, 0) is 4.74 Å². The number of nitrogens with zero attached hydrogens (tertiary/aromatic N) is 3. The first-order valence-electron chi connectivity index (χ1n) is 10.5. The van der Waals surface area contributed by atoms with Crippen LogP contribution in [0.5, 0.6) is 0 Å². The molecule has 3 aromatic rings. The van der Waals surface area contributed by atoms with Gasteiger partial charge in [-0.05, 0) is 30.3 Å². The van der Waals surface area contributed by atoms with E-state index in [1.807, 2.05) is 30.3 Å². The van der Waals surface area contributed by atoms with Gasteiger partial charge in [0.25, 0.3) is 5.91 Å². The fraction of sp³-hybridized carbons (Fsp3) is 0.250. The number of anilines is 1. The lowest BCUT2D eigenvalue weighted by Gasteiger charge is -2.34. The molecule has 1 aliphatic rings. The van der Waals surface area contributed by atoms with Crippen molar-refractivity contribution in [2.24, 2.45) is 0 Å². The Balaban J connectivity index is 1.68. The number of nitrogens with one attached hydrogen (secondary N) is 1. The maximum absolute atomic E-state index is 13.0. The monoisotopic (exact) mass is 478 g/mol. The Morgan fingerprint density at radius 1 is 1.18 bits per heavy atom. The van der Waals surface area contributed by atoms with Gasteiger partial charge in [-0.1, -0.05) is 36.4 Å². The van der Waals surface area contributed by atoms with Crippen molar-refractivity contribution in [1.82, 2.24) is 9.55 Å². The number of thioether (sulfide) groups is 1. The Morgan fingerprint density at radius 2 is 1.85 bits per heavy atom. The van der Waals surface area contributed by atoms with E-state index in [0.29, 0.717) is 5.56 Å². The Morgan fingerprint density at radius 3 is 2.47 bits per heavy atom. The second-order valence-electron chi connectivity index (χ2n) is 7.68. The molecule has 0 saturated carbocycles. The van der Waals surface area contributed by atoms with Gasteiger partial charge in [0.1, 0.15) is 22.8 Å². The third-order valence-corrected chi connectivity index (χ3v) is 7.00. The lowest BCUT2D eigenvalue weighted by Crippen LogP contribution is -2.46. The van der Waals surface area contributed by atoms with Crippen LogP contribution in [-0.4, -0.2) is 49.2 Å². The number of carbonyl (C=O) groups is 1. The van der Waals surface area contributed by atoms with Crippen molar-refractivity contribution in [2.45, 2.75) is 34.5 Å². The summed E-state index contributed by atoms with van der Waals surface area (Å²) in [4.78, 5) is 30.1. The summed E-state index contributed by atoms with van der Waals surface area (Å²) in [5.41, 5.74) is -0.327. The highest BCUT2D eigenvalue weighted by Gasteiger charge is 2.58. The summed E-state index contributed by atoms with van der Waals surface area (Å²) in [5, 5.41) is 33.0. The van der Waals surface area contributed by atoms with E-state index in [1.165, 1.54) is 28.6 Å². The van der Waals surface area contributed by atoms with Gasteiger partial charge in [-0.25, -0.2) is 4.79 Å². The number of aliphatic hydroxyl groups is 2. The molecule has 0 spiro atoms. The Bertz CT molecular complexity index is 1250. The van der Waals surface area contributed by atoms with E-state index in [0.717, 1.165) is 4.90 Å². The lowest BCUT2D eigenvalue weighted by atomic mass is 9.95. The molecular weight excluding hydrogens is 456 g/mol. The average Bonchev–Trinajstić information content (AvgIpc) is 3.11. The molecule has 9 nitrogen and oxygen atoms in total. The molecule has 1 amide bonds. The normalized spacial score (nSPS) is 23.9. The Hall–Kier alpha value is -3.49. The average molecular weight is 479 g/mol. The van der Waals surface area contributed by atoms with Crippen LogP contribution in [0, 0.1) is 11.3 Å². The number of benzene rings is 2. The number of hydrogen-bond acceptors (Lipinski definition) is 8. The van der Waals surface area contributed by atoms with Gasteiger partial charge < -0.3 is 20.3 Å². The molecule has 1 saturated heterocycles. The number of carbonyl (C=O) groups excluding carboxylic acids is 1. The third kappa shape index (κ3) is 4.60. The van der Waals surface area contributed by atoms with Gasteiger partial charge in [0.15, 0.2) is 6.23 Å². The predicted molar refractivity (Wildman–Crippen MR) is 125 cm³/mol. The summed E-state index contributed by atoms with van der Waals surface area (Å²) in [6.45, 7) is -0.492. The zero-order valence-electron chi connectivity index (χ0n) is 17.9. The molecule has 0 aliphatic carbocycles. The molecule has 1 aromatic heterocycles. The van der Waals surface area contributed by atoms with Gasteiger partial charge in [-0.2, -0.15) is 10.2 Å². The number of hydrogen-bond donors (Lipinski definition) is 3. The molecule has 1 fully saturated rings. The van der Waals surface area contributed by atoms with Gasteiger partial charge in [0.2, 0.25) is 0 Å². The Kier molecular flexibility index (Phi) is 7.09. The van der Waals surface area contributed by atoms with E-state index in [4.69, 9.17) is 4.74 Å². The smallest absolute Gasteiger partial charge is 0.351 e. The SMILES string of the molecule is N#CC[C@@]1(Sc2ccccc2)[C@H](O)[C@@H](CO)O[C@H]1n1ccc(NC(=O)c2ccccc2)nc1=O. The van der Waals surface area contributed by atoms with Crippen LogP contribution in [0.3, 0.4) is 0 Å². The molecule has 2 aromatic carbocycles. The highest BCUT2D eigenvalue weighted by molar-refractivity contribution is 8.00. The summed E-state index contributed by atoms with van der Waals surface area (Å²) in [6.07, 6.45) is -2.10. The molecular formula is C24H22N4O5S. The van der Waals surface area contributed by atoms with Gasteiger partial charge in [0.05, 0.1) is 19.1 Å². The number of aromatic nitrogens is 2. The summed E-state index contributed by atoms with van der Waals surface area (Å²) >= 11 is 1.21. The molecule has 0 radical (unpaired) electrons. The van der Waals surface area contributed by atoms with Crippen LogP contribution in [0.1, 0.15) is 23.0 Å². The number of nitriles is 1. The molecule has 4 atom stereocenters. The molecule has 1 aliphatic heterocycles. The number of aliphatic hydroxyl groups excluding tert-OH is 2. The van der Waals surface area contributed by atoms with Crippen LogP contribution < -0.4 is 11.0 Å². The highest BCUT2D eigenvalue weighted by atomic mass is 32.2. The molecule has 4 rings (SSSR count). The highest BCUT2D eigenvalue weighted by Crippen LogP contribution is 2.52. The topological polar surface area (TPSA) is 137 Å². The standard InChI is InChI=1S/C24H22N4O5S/c25-13-12-24(34-17-9-5-2-6-10-17)20(30)18(15-29)33-22(24)28-14-11-19(27-23(28)32)26-21(31)16-7-3-1-4-8-16/h1-11,14,18,20,22,29-30H,12,15H2,(H,26,27,31,32)/t18-,20-,22-,24-/m1/s1. The molecule has 10 heteroatoms. The minimum Gasteiger partial charge on any atom is -0.394 e. The second kappa shape index (κ2) is 10.2. The molecule has 0 bridgehead atoms. The molecule has 0 unspecified atom stereocenters. The predicted octanol–water partition coefficient (Wildman–Crippen LogP) is 2.19. The summed E-state index contributed by atoms with van der Waals surface area (Å²) in [7, 11) is 0. The van der Waals surface area contributed by atoms with Crippen molar-refractivity contribution < 1.29 is 19.7 Å². The van der Waals surface area contributed by atoms with Gasteiger partial charge in [-0.3, -0.25) is 9.36 Å². The van der Waals surface area contributed by atoms with Gasteiger partial charge >= 0.3 is 5.69 Å². The molecule has 2 heterocycles. The van der Waals surface area contributed by atoms with E-state index in [1.54, 1.807) is 30.3 Å². The maximum Gasteiger partial charge on any atom is 0.351 e. The van der Waals surface area contributed by atoms with Crippen LogP contribution in [0.2, 0.25) is 0 Å². The zero-order valence-corrected chi connectivity index (χ0v) is 18.8. The summed E-state index contributed by atoms with van der Waals surface area (Å²) in [6, 6.07) is 21.2.